The van der Waals surface area contributed by atoms with Crippen LogP contribution in [0, 0.1) is 24.2 Å². The first-order valence-corrected chi connectivity index (χ1v) is 7.06. The lowest BCUT2D eigenvalue weighted by molar-refractivity contribution is 0.0752. The Hall–Kier alpha value is -2.02. The second kappa shape index (κ2) is 7.54. The van der Waals surface area contributed by atoms with Gasteiger partial charge in [0, 0.05) is 30.9 Å². The van der Waals surface area contributed by atoms with E-state index in [1.54, 1.807) is 4.90 Å². The number of rotatable bonds is 6. The Kier molecular flexibility index (Phi) is 6.05. The number of nitriles is 1. The molecule has 0 aliphatic rings. The summed E-state index contributed by atoms with van der Waals surface area (Å²) in [5.74, 6) is -0.165. The van der Waals surface area contributed by atoms with E-state index >= 15 is 0 Å². The summed E-state index contributed by atoms with van der Waals surface area (Å²) < 4.78 is 0. The Morgan fingerprint density at radius 2 is 2.15 bits per heavy atom. The maximum absolute atomic E-state index is 12.4. The van der Waals surface area contributed by atoms with Gasteiger partial charge in [0.15, 0.2) is 0 Å². The maximum Gasteiger partial charge on any atom is 0.253 e. The van der Waals surface area contributed by atoms with Crippen LogP contribution in [0.3, 0.4) is 0 Å². The molecule has 1 aromatic carbocycles. The maximum atomic E-state index is 12.4. The highest BCUT2D eigenvalue weighted by Crippen LogP contribution is 2.18. The van der Waals surface area contributed by atoms with Crippen LogP contribution in [-0.4, -0.2) is 30.4 Å². The highest BCUT2D eigenvalue weighted by molar-refractivity contribution is 5.95. The molecule has 1 unspecified atom stereocenters. The SMILES string of the molecule is CCNc1ccc(C(=O)N(CC)CC(C)C#N)cc1C. The van der Waals surface area contributed by atoms with Gasteiger partial charge >= 0.3 is 0 Å². The summed E-state index contributed by atoms with van der Waals surface area (Å²) >= 11 is 0. The van der Waals surface area contributed by atoms with E-state index in [0.717, 1.165) is 17.8 Å². The summed E-state index contributed by atoms with van der Waals surface area (Å²) in [4.78, 5) is 14.2. The first kappa shape index (κ1) is 16.0. The number of nitrogens with one attached hydrogen (secondary N) is 1. The quantitative estimate of drug-likeness (QED) is 0.866. The van der Waals surface area contributed by atoms with Gasteiger partial charge in [0.1, 0.15) is 0 Å². The second-order valence-corrected chi connectivity index (χ2v) is 4.93. The Labute approximate surface area is 121 Å². The molecular formula is C16H23N3O. The summed E-state index contributed by atoms with van der Waals surface area (Å²) in [5.41, 5.74) is 2.79. The fraction of sp³-hybridized carbons (Fsp3) is 0.500. The molecule has 1 amide bonds. The van der Waals surface area contributed by atoms with E-state index < -0.39 is 0 Å². The number of aryl methyl sites for hydroxylation is 1. The third kappa shape index (κ3) is 3.99. The molecule has 0 heterocycles. The Morgan fingerprint density at radius 1 is 1.45 bits per heavy atom. The molecule has 0 bridgehead atoms. The summed E-state index contributed by atoms with van der Waals surface area (Å²) in [6, 6.07) is 7.85. The smallest absolute Gasteiger partial charge is 0.253 e. The first-order chi connectivity index (χ1) is 9.53. The molecule has 1 N–H and O–H groups in total. The van der Waals surface area contributed by atoms with E-state index in [9.17, 15) is 4.79 Å². The van der Waals surface area contributed by atoms with Gasteiger partial charge in [-0.25, -0.2) is 0 Å². The van der Waals surface area contributed by atoms with Crippen molar-refractivity contribution >= 4 is 11.6 Å². The van der Waals surface area contributed by atoms with Crippen molar-refractivity contribution in [2.24, 2.45) is 5.92 Å². The molecule has 20 heavy (non-hydrogen) atoms. The van der Waals surface area contributed by atoms with Gasteiger partial charge in [-0.05, 0) is 51.5 Å². The van der Waals surface area contributed by atoms with Gasteiger partial charge in [0.05, 0.1) is 12.0 Å². The zero-order valence-electron chi connectivity index (χ0n) is 12.7. The van der Waals surface area contributed by atoms with Gasteiger partial charge in [-0.1, -0.05) is 0 Å². The van der Waals surface area contributed by atoms with Gasteiger partial charge in [-0.3, -0.25) is 4.79 Å². The number of benzene rings is 1. The van der Waals surface area contributed by atoms with Gasteiger partial charge < -0.3 is 10.2 Å². The largest absolute Gasteiger partial charge is 0.385 e. The van der Waals surface area contributed by atoms with E-state index in [0.29, 0.717) is 18.7 Å². The molecule has 1 atom stereocenters. The molecule has 4 nitrogen and oxygen atoms in total. The van der Waals surface area contributed by atoms with Crippen LogP contribution in [0.15, 0.2) is 18.2 Å². The number of hydrogen-bond donors (Lipinski definition) is 1. The van der Waals surface area contributed by atoms with E-state index in [1.165, 1.54) is 0 Å². The second-order valence-electron chi connectivity index (χ2n) is 4.93. The Bertz CT molecular complexity index is 505. The lowest BCUT2D eigenvalue weighted by atomic mass is 10.1. The third-order valence-electron chi connectivity index (χ3n) is 3.22. The topological polar surface area (TPSA) is 56.1 Å². The van der Waals surface area contributed by atoms with Crippen LogP contribution in [-0.2, 0) is 0 Å². The molecule has 0 radical (unpaired) electrons. The molecule has 0 saturated heterocycles. The van der Waals surface area contributed by atoms with Crippen LogP contribution in [0.1, 0.15) is 36.7 Å². The molecular weight excluding hydrogens is 250 g/mol. The van der Waals surface area contributed by atoms with Crippen molar-refractivity contribution in [1.82, 2.24) is 4.90 Å². The predicted octanol–water partition coefficient (Wildman–Crippen LogP) is 3.05. The zero-order valence-corrected chi connectivity index (χ0v) is 12.7. The monoisotopic (exact) mass is 273 g/mol. The lowest BCUT2D eigenvalue weighted by Crippen LogP contribution is -2.34. The molecule has 0 aliphatic carbocycles. The van der Waals surface area contributed by atoms with Crippen LogP contribution < -0.4 is 5.32 Å². The highest BCUT2D eigenvalue weighted by Gasteiger charge is 2.17. The van der Waals surface area contributed by atoms with Crippen molar-refractivity contribution < 1.29 is 4.79 Å². The normalized spacial score (nSPS) is 11.6. The number of anilines is 1. The van der Waals surface area contributed by atoms with Crippen LogP contribution in [0.2, 0.25) is 0 Å². The van der Waals surface area contributed by atoms with Crippen LogP contribution in [0.5, 0.6) is 0 Å². The van der Waals surface area contributed by atoms with Crippen molar-refractivity contribution in [3.8, 4) is 6.07 Å². The molecule has 0 spiro atoms. The number of carbonyl (C=O) groups is 1. The molecule has 0 saturated carbocycles. The number of hydrogen-bond acceptors (Lipinski definition) is 3. The minimum Gasteiger partial charge on any atom is -0.385 e. The molecule has 1 rings (SSSR count). The van der Waals surface area contributed by atoms with E-state index in [-0.39, 0.29) is 11.8 Å². The third-order valence-corrected chi connectivity index (χ3v) is 3.22. The van der Waals surface area contributed by atoms with Crippen molar-refractivity contribution in [2.75, 3.05) is 25.0 Å². The summed E-state index contributed by atoms with van der Waals surface area (Å²) in [5, 5.41) is 12.1. The number of carbonyl (C=O) groups excluding carboxylic acids is 1. The molecule has 0 fully saturated rings. The number of amides is 1. The van der Waals surface area contributed by atoms with Crippen LogP contribution in [0.25, 0.3) is 0 Å². The van der Waals surface area contributed by atoms with Gasteiger partial charge in [-0.2, -0.15) is 5.26 Å². The zero-order chi connectivity index (χ0) is 15.1. The predicted molar refractivity (Wildman–Crippen MR) is 81.7 cm³/mol. The van der Waals surface area contributed by atoms with E-state index in [2.05, 4.69) is 11.4 Å². The summed E-state index contributed by atoms with van der Waals surface area (Å²) in [7, 11) is 0. The van der Waals surface area contributed by atoms with E-state index in [4.69, 9.17) is 5.26 Å². The average molecular weight is 273 g/mol. The van der Waals surface area contributed by atoms with Crippen molar-refractivity contribution in [3.05, 3.63) is 29.3 Å². The minimum atomic E-state index is -0.152. The van der Waals surface area contributed by atoms with Gasteiger partial charge in [0.25, 0.3) is 5.91 Å². The Balaban J connectivity index is 2.90. The van der Waals surface area contributed by atoms with Crippen molar-refractivity contribution in [3.63, 3.8) is 0 Å². The summed E-state index contributed by atoms with van der Waals surface area (Å²) in [6.07, 6.45) is 0. The number of nitrogens with zero attached hydrogens (tertiary/aromatic N) is 2. The lowest BCUT2D eigenvalue weighted by Gasteiger charge is -2.22. The van der Waals surface area contributed by atoms with Crippen LogP contribution >= 0.6 is 0 Å². The standard InChI is InChI=1S/C16H23N3O/c1-5-18-15-8-7-14(9-13(15)4)16(20)19(6-2)11-12(3)10-17/h7-9,12,18H,5-6,11H2,1-4H3. The molecule has 108 valence electrons. The average Bonchev–Trinajstić information content (AvgIpc) is 2.46. The fourth-order valence-electron chi connectivity index (χ4n) is 2.10. The molecule has 1 aromatic rings. The first-order valence-electron chi connectivity index (χ1n) is 7.06. The summed E-state index contributed by atoms with van der Waals surface area (Å²) in [6.45, 7) is 9.73. The van der Waals surface area contributed by atoms with Crippen molar-refractivity contribution in [2.45, 2.75) is 27.7 Å². The Morgan fingerprint density at radius 3 is 2.65 bits per heavy atom. The van der Waals surface area contributed by atoms with E-state index in [1.807, 2.05) is 45.9 Å². The minimum absolute atomic E-state index is 0.0132. The molecule has 0 aliphatic heterocycles. The fourth-order valence-corrected chi connectivity index (χ4v) is 2.10. The highest BCUT2D eigenvalue weighted by atomic mass is 16.2. The van der Waals surface area contributed by atoms with Gasteiger partial charge in [0.2, 0.25) is 0 Å². The molecule has 4 heteroatoms. The van der Waals surface area contributed by atoms with Crippen LogP contribution in [0.4, 0.5) is 5.69 Å². The van der Waals surface area contributed by atoms with Crippen molar-refractivity contribution in [1.29, 1.82) is 5.26 Å². The van der Waals surface area contributed by atoms with Gasteiger partial charge in [-0.15, -0.1) is 0 Å². The molecule has 0 aromatic heterocycles.